The first-order valence-electron chi connectivity index (χ1n) is 11.2. The van der Waals surface area contributed by atoms with E-state index in [-0.39, 0.29) is 42.5 Å². The van der Waals surface area contributed by atoms with Crippen LogP contribution in [0.4, 0.5) is 11.5 Å². The number of halogens is 1. The van der Waals surface area contributed by atoms with E-state index in [4.69, 9.17) is 0 Å². The lowest BCUT2D eigenvalue weighted by Gasteiger charge is -2.21. The molecule has 0 radical (unpaired) electrons. The molecule has 33 heavy (non-hydrogen) atoms. The van der Waals surface area contributed by atoms with Gasteiger partial charge < -0.3 is 25.3 Å². The molecule has 0 aliphatic carbocycles. The second-order valence-corrected chi connectivity index (χ2v) is 8.25. The van der Waals surface area contributed by atoms with Gasteiger partial charge in [-0.05, 0) is 37.1 Å². The summed E-state index contributed by atoms with van der Waals surface area (Å²) in [4.78, 5) is 27.1. The normalized spacial score (nSPS) is 15.5. The summed E-state index contributed by atoms with van der Waals surface area (Å²) in [7, 11) is 5.60. The lowest BCUT2D eigenvalue weighted by Crippen LogP contribution is -2.45. The highest BCUT2D eigenvalue weighted by Gasteiger charge is 2.24. The summed E-state index contributed by atoms with van der Waals surface area (Å²) >= 11 is 0. The van der Waals surface area contributed by atoms with Crippen LogP contribution in [0, 0.1) is 0 Å². The molecule has 180 valence electrons. The van der Waals surface area contributed by atoms with Crippen molar-refractivity contribution in [3.8, 4) is 0 Å². The van der Waals surface area contributed by atoms with Gasteiger partial charge >= 0.3 is 0 Å². The van der Waals surface area contributed by atoms with Crippen molar-refractivity contribution < 1.29 is 4.79 Å². The van der Waals surface area contributed by atoms with Crippen molar-refractivity contribution in [2.75, 3.05) is 63.7 Å². The Labute approximate surface area is 214 Å². The van der Waals surface area contributed by atoms with Crippen LogP contribution >= 0.6 is 24.0 Å². The smallest absolute Gasteiger partial charge is 0.243 e. The molecule has 9 heteroatoms. The van der Waals surface area contributed by atoms with Gasteiger partial charge in [-0.3, -0.25) is 4.79 Å². The first kappa shape index (κ1) is 26.7. The maximum absolute atomic E-state index is 12.0. The molecule has 0 spiro atoms. The number of hydrogen-bond acceptors (Lipinski definition) is 5. The molecule has 2 aromatic rings. The van der Waals surface area contributed by atoms with Crippen LogP contribution in [0.3, 0.4) is 0 Å². The maximum Gasteiger partial charge on any atom is 0.243 e. The maximum atomic E-state index is 12.0. The van der Waals surface area contributed by atoms with Gasteiger partial charge in [-0.1, -0.05) is 24.3 Å². The summed E-state index contributed by atoms with van der Waals surface area (Å²) in [5.41, 5.74) is 1.21. The van der Waals surface area contributed by atoms with E-state index in [2.05, 4.69) is 61.7 Å². The molecule has 1 atom stereocenters. The molecule has 1 aliphatic heterocycles. The highest BCUT2D eigenvalue weighted by Crippen LogP contribution is 2.17. The van der Waals surface area contributed by atoms with Crippen molar-refractivity contribution in [3.05, 3.63) is 54.7 Å². The lowest BCUT2D eigenvalue weighted by molar-refractivity contribution is -0.127. The van der Waals surface area contributed by atoms with Gasteiger partial charge in [0.05, 0.1) is 0 Å². The zero-order valence-corrected chi connectivity index (χ0v) is 22.1. The number of aromatic nitrogens is 1. The van der Waals surface area contributed by atoms with Crippen molar-refractivity contribution in [3.63, 3.8) is 0 Å². The van der Waals surface area contributed by atoms with Crippen LogP contribution in [0.2, 0.25) is 0 Å². The molecular weight excluding hydrogens is 529 g/mol. The van der Waals surface area contributed by atoms with E-state index in [1.54, 1.807) is 19.0 Å². The van der Waals surface area contributed by atoms with Gasteiger partial charge in [0.1, 0.15) is 12.4 Å². The van der Waals surface area contributed by atoms with E-state index in [1.807, 2.05) is 30.5 Å². The van der Waals surface area contributed by atoms with Crippen molar-refractivity contribution in [1.82, 2.24) is 20.5 Å². The minimum Gasteiger partial charge on any atom is -0.375 e. The summed E-state index contributed by atoms with van der Waals surface area (Å²) in [6.07, 6.45) is 3.78. The number of guanidine groups is 1. The Bertz CT molecular complexity index is 864. The van der Waals surface area contributed by atoms with Gasteiger partial charge in [-0.2, -0.15) is 0 Å². The summed E-state index contributed by atoms with van der Waals surface area (Å²) in [6.45, 7) is 3.63. The fourth-order valence-corrected chi connectivity index (χ4v) is 3.60. The third-order valence-electron chi connectivity index (χ3n) is 5.53. The van der Waals surface area contributed by atoms with Gasteiger partial charge in [0.2, 0.25) is 5.91 Å². The fourth-order valence-electron chi connectivity index (χ4n) is 3.60. The second kappa shape index (κ2) is 13.9. The molecule has 1 aliphatic rings. The Balaban J connectivity index is 0.00000385. The number of rotatable bonds is 9. The number of benzene rings is 1. The van der Waals surface area contributed by atoms with Crippen LogP contribution in [0.15, 0.2) is 59.7 Å². The largest absolute Gasteiger partial charge is 0.375 e. The lowest BCUT2D eigenvalue weighted by atomic mass is 10.2. The van der Waals surface area contributed by atoms with E-state index < -0.39 is 0 Å². The van der Waals surface area contributed by atoms with E-state index in [0.717, 1.165) is 44.8 Å². The molecule has 1 amide bonds. The summed E-state index contributed by atoms with van der Waals surface area (Å²) < 4.78 is 0. The molecule has 0 bridgehead atoms. The number of amides is 1. The first-order chi connectivity index (χ1) is 15.5. The molecule has 8 nitrogen and oxygen atoms in total. The number of carbonyl (C=O) groups excluding carboxylic acids is 1. The molecule has 0 saturated carbocycles. The Hall–Kier alpha value is -2.56. The Morgan fingerprint density at radius 1 is 1.15 bits per heavy atom. The van der Waals surface area contributed by atoms with Crippen molar-refractivity contribution in [2.24, 2.45) is 4.99 Å². The number of carbonyl (C=O) groups is 1. The first-order valence-corrected chi connectivity index (χ1v) is 11.2. The van der Waals surface area contributed by atoms with Gasteiger partial charge in [0.15, 0.2) is 5.96 Å². The number of likely N-dealkylation sites (N-methyl/N-ethyl adjacent to an activating group) is 1. The van der Waals surface area contributed by atoms with Gasteiger partial charge in [-0.15, -0.1) is 24.0 Å². The number of aliphatic imine (C=N–C) groups is 1. The average molecular weight is 566 g/mol. The third kappa shape index (κ3) is 8.71. The van der Waals surface area contributed by atoms with E-state index in [0.29, 0.717) is 5.96 Å². The highest BCUT2D eigenvalue weighted by atomic mass is 127. The van der Waals surface area contributed by atoms with E-state index >= 15 is 0 Å². The quantitative estimate of drug-likeness (QED) is 0.211. The summed E-state index contributed by atoms with van der Waals surface area (Å²) in [6, 6.07) is 16.6. The number of nitrogens with one attached hydrogen (secondary N) is 2. The van der Waals surface area contributed by atoms with Gasteiger partial charge in [0.25, 0.3) is 0 Å². The SMILES string of the molecule is CN(C)C(=O)CN=C(NCCCN(C)c1ccccc1)NC1CCN(c2ccccn2)C1.I. The molecule has 1 unspecified atom stereocenters. The molecule has 1 fully saturated rings. The van der Waals surface area contributed by atoms with Crippen LogP contribution < -0.4 is 20.4 Å². The van der Waals surface area contributed by atoms with Crippen molar-refractivity contribution in [2.45, 2.75) is 18.9 Å². The standard InChI is InChI=1S/C24H35N7O.HI/c1-29(2)23(32)18-27-24(26-15-9-16-30(3)21-10-5-4-6-11-21)28-20-13-17-31(19-20)22-12-7-8-14-25-22;/h4-8,10-12,14,20H,9,13,15-19H2,1-3H3,(H2,26,27,28);1H. The molecule has 2 heterocycles. The van der Waals surface area contributed by atoms with Crippen molar-refractivity contribution in [1.29, 1.82) is 0 Å². The zero-order valence-electron chi connectivity index (χ0n) is 19.8. The average Bonchev–Trinajstić information content (AvgIpc) is 3.29. The molecule has 2 N–H and O–H groups in total. The van der Waals surface area contributed by atoms with Crippen LogP contribution in [-0.4, -0.2) is 81.7 Å². The Morgan fingerprint density at radius 3 is 2.61 bits per heavy atom. The van der Waals surface area contributed by atoms with Gasteiger partial charge in [-0.25, -0.2) is 9.98 Å². The van der Waals surface area contributed by atoms with Crippen LogP contribution in [-0.2, 0) is 4.79 Å². The summed E-state index contributed by atoms with van der Waals surface area (Å²) in [5, 5.41) is 6.92. The number of nitrogens with zero attached hydrogens (tertiary/aromatic N) is 5. The predicted octanol–water partition coefficient (Wildman–Crippen LogP) is 2.43. The second-order valence-electron chi connectivity index (χ2n) is 8.25. The Kier molecular flexibility index (Phi) is 11.2. The number of para-hydroxylation sites is 1. The van der Waals surface area contributed by atoms with Crippen LogP contribution in [0.5, 0.6) is 0 Å². The zero-order chi connectivity index (χ0) is 22.8. The minimum atomic E-state index is -0.0172. The predicted molar refractivity (Wildman–Crippen MR) is 147 cm³/mol. The molecule has 1 aromatic heterocycles. The monoisotopic (exact) mass is 565 g/mol. The van der Waals surface area contributed by atoms with Gasteiger partial charge in [0, 0.05) is 65.2 Å². The molecular formula is C24H36IN7O. The van der Waals surface area contributed by atoms with E-state index in [9.17, 15) is 4.79 Å². The summed E-state index contributed by atoms with van der Waals surface area (Å²) in [5.74, 6) is 1.67. The number of pyridine rings is 1. The fraction of sp³-hybridized carbons (Fsp3) is 0.458. The van der Waals surface area contributed by atoms with Crippen LogP contribution in [0.1, 0.15) is 12.8 Å². The minimum absolute atomic E-state index is 0. The van der Waals surface area contributed by atoms with Crippen LogP contribution in [0.25, 0.3) is 0 Å². The number of hydrogen-bond donors (Lipinski definition) is 2. The highest BCUT2D eigenvalue weighted by molar-refractivity contribution is 14.0. The van der Waals surface area contributed by atoms with E-state index in [1.165, 1.54) is 5.69 Å². The van der Waals surface area contributed by atoms with Crippen molar-refractivity contribution >= 4 is 47.3 Å². The third-order valence-corrected chi connectivity index (χ3v) is 5.53. The molecule has 3 rings (SSSR count). The molecule has 1 saturated heterocycles. The topological polar surface area (TPSA) is 76.1 Å². The molecule has 1 aromatic carbocycles. The Morgan fingerprint density at radius 2 is 1.91 bits per heavy atom. The number of anilines is 2.